The highest BCUT2D eigenvalue weighted by atomic mass is 35.5. The molecule has 0 atom stereocenters. The van der Waals surface area contributed by atoms with Crippen molar-refractivity contribution in [1.82, 2.24) is 0 Å². The van der Waals surface area contributed by atoms with Crippen LogP contribution in [-0.2, 0) is 0 Å². The van der Waals surface area contributed by atoms with Crippen molar-refractivity contribution in [2.45, 2.75) is 26.7 Å². The van der Waals surface area contributed by atoms with E-state index >= 15 is 0 Å². The van der Waals surface area contributed by atoms with Gasteiger partial charge in [-0.25, -0.2) is 0 Å². The molecule has 0 aliphatic heterocycles. The molecule has 1 aromatic carbocycles. The first kappa shape index (κ1) is 11.1. The summed E-state index contributed by atoms with van der Waals surface area (Å²) < 4.78 is 0. The SMILES string of the molecule is Cc1ccc(C#CCCCCl)cc1C. The first-order valence-corrected chi connectivity index (χ1v) is 5.39. The molecule has 0 fully saturated rings. The predicted molar refractivity (Wildman–Crippen MR) is 62.7 cm³/mol. The molecule has 0 aliphatic carbocycles. The maximum atomic E-state index is 5.56. The molecular formula is C13H15Cl. The molecule has 0 radical (unpaired) electrons. The highest BCUT2D eigenvalue weighted by Gasteiger charge is 1.92. The number of aryl methyl sites for hydroxylation is 2. The summed E-state index contributed by atoms with van der Waals surface area (Å²) in [6.07, 6.45) is 1.86. The standard InChI is InChI=1S/C13H15Cl/c1-11-7-8-13(10-12(11)2)6-4-3-5-9-14/h7-8,10H,3,5,9H2,1-2H3. The fourth-order valence-corrected chi connectivity index (χ4v) is 1.27. The van der Waals surface area contributed by atoms with Crippen molar-refractivity contribution in [3.8, 4) is 11.8 Å². The Morgan fingerprint density at radius 3 is 2.64 bits per heavy atom. The second-order valence-electron chi connectivity index (χ2n) is 3.39. The molecule has 0 saturated carbocycles. The summed E-state index contributed by atoms with van der Waals surface area (Å²) in [4.78, 5) is 0. The Bertz CT molecular complexity index is 355. The third-order valence-corrected chi connectivity index (χ3v) is 2.44. The van der Waals surface area contributed by atoms with Crippen LogP contribution in [0.1, 0.15) is 29.5 Å². The van der Waals surface area contributed by atoms with Gasteiger partial charge in [0, 0.05) is 17.9 Å². The van der Waals surface area contributed by atoms with Gasteiger partial charge in [0.1, 0.15) is 0 Å². The van der Waals surface area contributed by atoms with Gasteiger partial charge in [-0.3, -0.25) is 0 Å². The third-order valence-electron chi connectivity index (χ3n) is 2.18. The van der Waals surface area contributed by atoms with Gasteiger partial charge in [0.15, 0.2) is 0 Å². The van der Waals surface area contributed by atoms with E-state index in [9.17, 15) is 0 Å². The Labute approximate surface area is 91.3 Å². The van der Waals surface area contributed by atoms with Crippen LogP contribution >= 0.6 is 11.6 Å². The minimum Gasteiger partial charge on any atom is -0.127 e. The summed E-state index contributed by atoms with van der Waals surface area (Å²) in [6, 6.07) is 6.31. The lowest BCUT2D eigenvalue weighted by Gasteiger charge is -1.98. The fourth-order valence-electron chi connectivity index (χ4n) is 1.14. The Balaban J connectivity index is 2.66. The molecule has 0 nitrogen and oxygen atoms in total. The molecule has 0 amide bonds. The van der Waals surface area contributed by atoms with Gasteiger partial charge in [-0.15, -0.1) is 11.6 Å². The lowest BCUT2D eigenvalue weighted by atomic mass is 10.1. The summed E-state index contributed by atoms with van der Waals surface area (Å²) in [5.41, 5.74) is 3.72. The Morgan fingerprint density at radius 2 is 2.00 bits per heavy atom. The number of halogens is 1. The lowest BCUT2D eigenvalue weighted by molar-refractivity contribution is 0.991. The first-order valence-electron chi connectivity index (χ1n) is 4.86. The topological polar surface area (TPSA) is 0 Å². The van der Waals surface area contributed by atoms with Gasteiger partial charge < -0.3 is 0 Å². The van der Waals surface area contributed by atoms with Crippen molar-refractivity contribution in [2.24, 2.45) is 0 Å². The molecule has 0 aliphatic rings. The van der Waals surface area contributed by atoms with Crippen LogP contribution in [0.3, 0.4) is 0 Å². The van der Waals surface area contributed by atoms with Crippen molar-refractivity contribution in [3.63, 3.8) is 0 Å². The fraction of sp³-hybridized carbons (Fsp3) is 0.385. The summed E-state index contributed by atoms with van der Waals surface area (Å²) >= 11 is 5.56. The van der Waals surface area contributed by atoms with Gasteiger partial charge in [-0.05, 0) is 43.5 Å². The molecule has 0 saturated heterocycles. The van der Waals surface area contributed by atoms with Crippen LogP contribution in [0.5, 0.6) is 0 Å². The van der Waals surface area contributed by atoms with Crippen LogP contribution in [0.25, 0.3) is 0 Å². The molecule has 1 rings (SSSR count). The maximum absolute atomic E-state index is 5.56. The zero-order valence-electron chi connectivity index (χ0n) is 8.73. The van der Waals surface area contributed by atoms with Crippen molar-refractivity contribution in [3.05, 3.63) is 34.9 Å². The molecule has 0 aromatic heterocycles. The van der Waals surface area contributed by atoms with Crippen molar-refractivity contribution < 1.29 is 0 Å². The second-order valence-corrected chi connectivity index (χ2v) is 3.77. The van der Waals surface area contributed by atoms with Gasteiger partial charge >= 0.3 is 0 Å². The largest absolute Gasteiger partial charge is 0.127 e. The first-order chi connectivity index (χ1) is 6.74. The van der Waals surface area contributed by atoms with E-state index in [0.717, 1.165) is 18.4 Å². The second kappa shape index (κ2) is 5.73. The van der Waals surface area contributed by atoms with E-state index in [1.165, 1.54) is 11.1 Å². The number of rotatable bonds is 2. The normalized spacial score (nSPS) is 9.36. The highest BCUT2D eigenvalue weighted by molar-refractivity contribution is 6.17. The smallest absolute Gasteiger partial charge is 0.0248 e. The summed E-state index contributed by atoms with van der Waals surface area (Å²) in [6.45, 7) is 4.22. The van der Waals surface area contributed by atoms with Crippen molar-refractivity contribution in [2.75, 3.05) is 5.88 Å². The summed E-state index contributed by atoms with van der Waals surface area (Å²) in [5.74, 6) is 6.95. The van der Waals surface area contributed by atoms with Gasteiger partial charge in [0.05, 0.1) is 0 Å². The van der Waals surface area contributed by atoms with E-state index in [0.29, 0.717) is 5.88 Å². The molecular weight excluding hydrogens is 192 g/mol. The lowest BCUT2D eigenvalue weighted by Crippen LogP contribution is -1.82. The molecule has 0 unspecified atom stereocenters. The molecule has 0 heterocycles. The molecule has 0 N–H and O–H groups in total. The number of hydrogen-bond acceptors (Lipinski definition) is 0. The van der Waals surface area contributed by atoms with Gasteiger partial charge in [0.2, 0.25) is 0 Å². The highest BCUT2D eigenvalue weighted by Crippen LogP contribution is 2.08. The van der Waals surface area contributed by atoms with E-state index in [-0.39, 0.29) is 0 Å². The van der Waals surface area contributed by atoms with E-state index in [1.54, 1.807) is 0 Å². The number of benzene rings is 1. The maximum Gasteiger partial charge on any atom is 0.0248 e. The van der Waals surface area contributed by atoms with E-state index < -0.39 is 0 Å². The summed E-state index contributed by atoms with van der Waals surface area (Å²) in [7, 11) is 0. The molecule has 0 bridgehead atoms. The van der Waals surface area contributed by atoms with Crippen LogP contribution in [0.4, 0.5) is 0 Å². The minimum atomic E-state index is 0.696. The Kier molecular flexibility index (Phi) is 4.56. The molecule has 1 heteroatoms. The predicted octanol–water partition coefficient (Wildman–Crippen LogP) is 3.67. The van der Waals surface area contributed by atoms with Crippen molar-refractivity contribution >= 4 is 11.6 Å². The molecule has 0 spiro atoms. The molecule has 74 valence electrons. The quantitative estimate of drug-likeness (QED) is 0.394. The average Bonchev–Trinajstić information content (AvgIpc) is 2.18. The molecule has 1 aromatic rings. The average molecular weight is 207 g/mol. The monoisotopic (exact) mass is 206 g/mol. The Hall–Kier alpha value is -0.930. The summed E-state index contributed by atoms with van der Waals surface area (Å²) in [5, 5.41) is 0. The van der Waals surface area contributed by atoms with E-state index in [4.69, 9.17) is 11.6 Å². The minimum absolute atomic E-state index is 0.696. The van der Waals surface area contributed by atoms with Gasteiger partial charge in [-0.1, -0.05) is 17.9 Å². The van der Waals surface area contributed by atoms with Crippen LogP contribution < -0.4 is 0 Å². The van der Waals surface area contributed by atoms with Gasteiger partial charge in [0.25, 0.3) is 0 Å². The van der Waals surface area contributed by atoms with Crippen LogP contribution in [0, 0.1) is 25.7 Å². The van der Waals surface area contributed by atoms with E-state index in [2.05, 4.69) is 43.9 Å². The molecule has 14 heavy (non-hydrogen) atoms. The van der Waals surface area contributed by atoms with Gasteiger partial charge in [-0.2, -0.15) is 0 Å². The van der Waals surface area contributed by atoms with Crippen LogP contribution in [-0.4, -0.2) is 5.88 Å². The third kappa shape index (κ3) is 3.44. The zero-order valence-corrected chi connectivity index (χ0v) is 9.49. The van der Waals surface area contributed by atoms with Crippen LogP contribution in [0.2, 0.25) is 0 Å². The Morgan fingerprint density at radius 1 is 1.21 bits per heavy atom. The number of hydrogen-bond donors (Lipinski definition) is 0. The van der Waals surface area contributed by atoms with Crippen molar-refractivity contribution in [1.29, 1.82) is 0 Å². The zero-order chi connectivity index (χ0) is 10.4. The number of alkyl halides is 1. The van der Waals surface area contributed by atoms with E-state index in [1.807, 2.05) is 0 Å². The van der Waals surface area contributed by atoms with Crippen LogP contribution in [0.15, 0.2) is 18.2 Å². The number of unbranched alkanes of at least 4 members (excludes halogenated alkanes) is 1.